The van der Waals surface area contributed by atoms with Crippen LogP contribution in [-0.2, 0) is 11.3 Å². The highest BCUT2D eigenvalue weighted by atomic mass is 16.5. The Hall–Kier alpha value is -2.24. The van der Waals surface area contributed by atoms with Crippen LogP contribution in [-0.4, -0.2) is 40.8 Å². The third-order valence-corrected chi connectivity index (χ3v) is 2.86. The third-order valence-electron chi connectivity index (χ3n) is 2.86. The van der Waals surface area contributed by atoms with Gasteiger partial charge >= 0.3 is 12.2 Å². The van der Waals surface area contributed by atoms with Gasteiger partial charge in [0.15, 0.2) is 0 Å². The van der Waals surface area contributed by atoms with E-state index in [0.29, 0.717) is 0 Å². The molecule has 0 radical (unpaired) electrons. The maximum absolute atomic E-state index is 11.5. The van der Waals surface area contributed by atoms with Gasteiger partial charge in [-0.15, -0.1) is 0 Å². The van der Waals surface area contributed by atoms with Crippen LogP contribution in [0.5, 0.6) is 0 Å². The molecule has 0 saturated heterocycles. The fourth-order valence-electron chi connectivity index (χ4n) is 1.76. The van der Waals surface area contributed by atoms with Crippen LogP contribution in [0.2, 0.25) is 0 Å². The predicted molar refractivity (Wildman–Crippen MR) is 79.1 cm³/mol. The minimum absolute atomic E-state index is 0.189. The van der Waals surface area contributed by atoms with Crippen LogP contribution in [0.15, 0.2) is 30.3 Å². The minimum atomic E-state index is -1.01. The molecule has 0 heterocycles. The van der Waals surface area contributed by atoms with Crippen LogP contribution >= 0.6 is 0 Å². The highest BCUT2D eigenvalue weighted by Crippen LogP contribution is 2.12. The number of hydrogen-bond acceptors (Lipinski definition) is 3. The lowest BCUT2D eigenvalue weighted by Crippen LogP contribution is -2.48. The quantitative estimate of drug-likeness (QED) is 0.875. The largest absolute Gasteiger partial charge is 0.465 e. The van der Waals surface area contributed by atoms with Crippen molar-refractivity contribution in [2.45, 2.75) is 32.9 Å². The summed E-state index contributed by atoms with van der Waals surface area (Å²) in [4.78, 5) is 23.9. The summed E-state index contributed by atoms with van der Waals surface area (Å²) in [5.41, 5.74) is 0.385. The number of hydrogen-bond donors (Lipinski definition) is 2. The smallest absolute Gasteiger partial charge is 0.407 e. The Morgan fingerprint density at radius 2 is 1.86 bits per heavy atom. The molecule has 1 aromatic rings. The lowest BCUT2D eigenvalue weighted by Gasteiger charge is -2.33. The third kappa shape index (κ3) is 6.16. The molecule has 0 aliphatic heterocycles. The fourth-order valence-corrected chi connectivity index (χ4v) is 1.76. The van der Waals surface area contributed by atoms with Crippen LogP contribution in [0.1, 0.15) is 26.3 Å². The number of carbonyl (C=O) groups excluding carboxylic acids is 1. The Bertz CT molecular complexity index is 468. The van der Waals surface area contributed by atoms with Crippen LogP contribution in [0.4, 0.5) is 9.59 Å². The van der Waals surface area contributed by atoms with Crippen molar-refractivity contribution < 1.29 is 19.4 Å². The van der Waals surface area contributed by atoms with Crippen molar-refractivity contribution in [1.29, 1.82) is 0 Å². The lowest BCUT2D eigenvalue weighted by molar-refractivity contribution is 0.0981. The number of nitrogens with one attached hydrogen (secondary N) is 1. The number of alkyl carbamates (subject to hydrolysis) is 1. The van der Waals surface area contributed by atoms with Gasteiger partial charge in [0.25, 0.3) is 0 Å². The van der Waals surface area contributed by atoms with E-state index in [1.807, 2.05) is 30.3 Å². The normalized spacial score (nSPS) is 10.8. The second kappa shape index (κ2) is 7.52. The first kappa shape index (κ1) is 16.8. The standard InChI is InChI=1S/C15H22N2O4/c1-15(2,3)17(14(19)20)10-9-16-13(18)21-11-12-7-5-4-6-8-12/h4-8H,9-11H2,1-3H3,(H,16,18)(H,19,20). The van der Waals surface area contributed by atoms with E-state index in [2.05, 4.69) is 5.32 Å². The van der Waals surface area contributed by atoms with Crippen LogP contribution in [0.3, 0.4) is 0 Å². The zero-order valence-corrected chi connectivity index (χ0v) is 12.6. The van der Waals surface area contributed by atoms with Gasteiger partial charge in [0, 0.05) is 18.6 Å². The van der Waals surface area contributed by atoms with Gasteiger partial charge in [0.1, 0.15) is 6.61 Å². The van der Waals surface area contributed by atoms with Crippen LogP contribution in [0.25, 0.3) is 0 Å². The van der Waals surface area contributed by atoms with Crippen molar-refractivity contribution in [3.8, 4) is 0 Å². The lowest BCUT2D eigenvalue weighted by atomic mass is 10.1. The fraction of sp³-hybridized carbons (Fsp3) is 0.467. The van der Waals surface area contributed by atoms with E-state index < -0.39 is 17.7 Å². The van der Waals surface area contributed by atoms with Crippen LogP contribution in [0, 0.1) is 0 Å². The van der Waals surface area contributed by atoms with Gasteiger partial charge in [0.2, 0.25) is 0 Å². The first-order valence-electron chi connectivity index (χ1n) is 6.76. The molecular weight excluding hydrogens is 272 g/mol. The van der Waals surface area contributed by atoms with E-state index in [9.17, 15) is 9.59 Å². The van der Waals surface area contributed by atoms with Crippen molar-refractivity contribution in [3.05, 3.63) is 35.9 Å². The van der Waals surface area contributed by atoms with E-state index in [4.69, 9.17) is 9.84 Å². The van der Waals surface area contributed by atoms with Crippen molar-refractivity contribution in [2.24, 2.45) is 0 Å². The second-order valence-corrected chi connectivity index (χ2v) is 5.59. The zero-order valence-electron chi connectivity index (χ0n) is 12.6. The second-order valence-electron chi connectivity index (χ2n) is 5.59. The zero-order chi connectivity index (χ0) is 15.9. The average molecular weight is 294 g/mol. The van der Waals surface area contributed by atoms with Crippen molar-refractivity contribution in [3.63, 3.8) is 0 Å². The maximum Gasteiger partial charge on any atom is 0.407 e. The molecule has 6 heteroatoms. The van der Waals surface area contributed by atoms with E-state index in [1.165, 1.54) is 4.90 Å². The number of carbonyl (C=O) groups is 2. The summed E-state index contributed by atoms with van der Waals surface area (Å²) in [5.74, 6) is 0. The van der Waals surface area contributed by atoms with Gasteiger partial charge in [-0.25, -0.2) is 9.59 Å². The molecule has 0 atom stereocenters. The molecule has 0 unspecified atom stereocenters. The number of rotatable bonds is 5. The SMILES string of the molecule is CC(C)(C)N(CCNC(=O)OCc1ccccc1)C(=O)O. The molecular formula is C15H22N2O4. The summed E-state index contributed by atoms with van der Waals surface area (Å²) in [7, 11) is 0. The van der Waals surface area contributed by atoms with Gasteiger partial charge in [0.05, 0.1) is 0 Å². The van der Waals surface area contributed by atoms with Gasteiger partial charge in [-0.05, 0) is 26.3 Å². The molecule has 2 amide bonds. The van der Waals surface area contributed by atoms with Crippen LogP contribution < -0.4 is 5.32 Å². The Morgan fingerprint density at radius 1 is 1.24 bits per heavy atom. The first-order chi connectivity index (χ1) is 9.80. The predicted octanol–water partition coefficient (Wildman–Crippen LogP) is 2.69. The number of carboxylic acid groups (broad SMARTS) is 1. The molecule has 6 nitrogen and oxygen atoms in total. The summed E-state index contributed by atoms with van der Waals surface area (Å²) in [6.45, 7) is 6.00. The summed E-state index contributed by atoms with van der Waals surface area (Å²) in [5, 5.41) is 11.7. The van der Waals surface area contributed by atoms with Gasteiger partial charge in [-0.3, -0.25) is 0 Å². The van der Waals surface area contributed by atoms with Gasteiger partial charge in [-0.1, -0.05) is 30.3 Å². The Labute approximate surface area is 124 Å². The molecule has 21 heavy (non-hydrogen) atoms. The molecule has 0 aliphatic rings. The molecule has 2 N–H and O–H groups in total. The summed E-state index contributed by atoms with van der Waals surface area (Å²) < 4.78 is 5.04. The minimum Gasteiger partial charge on any atom is -0.465 e. The highest BCUT2D eigenvalue weighted by Gasteiger charge is 2.25. The monoisotopic (exact) mass is 294 g/mol. The summed E-state index contributed by atoms with van der Waals surface area (Å²) >= 11 is 0. The van der Waals surface area contributed by atoms with Crippen molar-refractivity contribution in [1.82, 2.24) is 10.2 Å². The number of nitrogens with zero attached hydrogens (tertiary/aromatic N) is 1. The van der Waals surface area contributed by atoms with Crippen molar-refractivity contribution >= 4 is 12.2 Å². The van der Waals surface area contributed by atoms with E-state index in [0.717, 1.165) is 5.56 Å². The Balaban J connectivity index is 2.31. The molecule has 0 aliphatic carbocycles. The number of ether oxygens (including phenoxy) is 1. The topological polar surface area (TPSA) is 78.9 Å². The van der Waals surface area contributed by atoms with E-state index in [-0.39, 0.29) is 19.7 Å². The van der Waals surface area contributed by atoms with Gasteiger partial charge < -0.3 is 20.1 Å². The van der Waals surface area contributed by atoms with Crippen molar-refractivity contribution in [2.75, 3.05) is 13.1 Å². The number of amides is 2. The van der Waals surface area contributed by atoms with E-state index >= 15 is 0 Å². The summed E-state index contributed by atoms with van der Waals surface area (Å²) in [6, 6.07) is 9.34. The molecule has 0 aromatic heterocycles. The molecule has 1 aromatic carbocycles. The molecule has 0 fully saturated rings. The Morgan fingerprint density at radius 3 is 2.38 bits per heavy atom. The molecule has 1 rings (SSSR count). The molecule has 0 spiro atoms. The highest BCUT2D eigenvalue weighted by molar-refractivity contribution is 5.68. The first-order valence-corrected chi connectivity index (χ1v) is 6.76. The molecule has 0 bridgehead atoms. The molecule has 0 saturated carbocycles. The average Bonchev–Trinajstić information content (AvgIpc) is 2.40. The van der Waals surface area contributed by atoms with E-state index in [1.54, 1.807) is 20.8 Å². The maximum atomic E-state index is 11.5. The summed E-state index contributed by atoms with van der Waals surface area (Å²) in [6.07, 6.45) is -1.57. The Kier molecular flexibility index (Phi) is 6.02. The molecule has 116 valence electrons. The van der Waals surface area contributed by atoms with Gasteiger partial charge in [-0.2, -0.15) is 0 Å². The number of benzene rings is 1.